The number of hydrogen-bond donors (Lipinski definition) is 0. The van der Waals surface area contributed by atoms with Crippen LogP contribution in [0.25, 0.3) is 16.9 Å². The second-order valence-electron chi connectivity index (χ2n) is 6.92. The fourth-order valence-corrected chi connectivity index (χ4v) is 3.65. The van der Waals surface area contributed by atoms with Crippen LogP contribution in [0.4, 0.5) is 0 Å². The molecule has 150 valence electrons. The summed E-state index contributed by atoms with van der Waals surface area (Å²) in [5.74, 6) is -0.0787. The van der Waals surface area contributed by atoms with Crippen molar-refractivity contribution >= 4 is 17.7 Å². The van der Waals surface area contributed by atoms with Crippen molar-refractivity contribution in [1.82, 2.24) is 19.7 Å². The Kier molecular flexibility index (Phi) is 5.95. The van der Waals surface area contributed by atoms with Crippen LogP contribution in [0.2, 0.25) is 0 Å². The third-order valence-corrected chi connectivity index (χ3v) is 5.57. The third kappa shape index (κ3) is 4.28. The van der Waals surface area contributed by atoms with Gasteiger partial charge in [-0.2, -0.15) is 5.10 Å². The van der Waals surface area contributed by atoms with Gasteiger partial charge < -0.3 is 4.90 Å². The molecular weight excluding hydrogens is 392 g/mol. The van der Waals surface area contributed by atoms with E-state index in [1.807, 2.05) is 49.5 Å². The Balaban J connectivity index is 1.67. The number of hydrogen-bond acceptors (Lipinski definition) is 4. The van der Waals surface area contributed by atoms with Crippen LogP contribution in [0.5, 0.6) is 0 Å². The lowest BCUT2D eigenvalue weighted by molar-refractivity contribution is 0.0786. The van der Waals surface area contributed by atoms with Gasteiger partial charge in [0.2, 0.25) is 0 Å². The molecular formula is C24H22N4OS. The van der Waals surface area contributed by atoms with Gasteiger partial charge >= 0.3 is 0 Å². The molecule has 2 heterocycles. The molecule has 1 amide bonds. The molecule has 0 unspecified atom stereocenters. The summed E-state index contributed by atoms with van der Waals surface area (Å²) >= 11 is 1.70. The Morgan fingerprint density at radius 3 is 2.47 bits per heavy atom. The van der Waals surface area contributed by atoms with E-state index in [4.69, 9.17) is 5.10 Å². The molecule has 2 aromatic heterocycles. The number of carbonyl (C=O) groups is 1. The molecule has 0 saturated carbocycles. The first-order valence-corrected chi connectivity index (χ1v) is 10.8. The standard InChI is InChI=1S/C24H22N4OS/c1-27(16-18-10-12-21(30-2)13-11-18)24(29)22-17-28(20-8-4-3-5-9-20)26-23(22)19-7-6-14-25-15-19/h3-15,17H,16H2,1-2H3. The van der Waals surface area contributed by atoms with Crippen LogP contribution in [0.15, 0.2) is 90.2 Å². The van der Waals surface area contributed by atoms with Crippen LogP contribution >= 0.6 is 11.8 Å². The van der Waals surface area contributed by atoms with E-state index in [0.717, 1.165) is 16.8 Å². The highest BCUT2D eigenvalue weighted by molar-refractivity contribution is 7.98. The van der Waals surface area contributed by atoms with Crippen LogP contribution in [0.3, 0.4) is 0 Å². The fourth-order valence-electron chi connectivity index (χ4n) is 3.24. The van der Waals surface area contributed by atoms with Crippen molar-refractivity contribution in [3.05, 3.63) is 96.4 Å². The highest BCUT2D eigenvalue weighted by Crippen LogP contribution is 2.25. The van der Waals surface area contributed by atoms with Crippen molar-refractivity contribution in [3.8, 4) is 16.9 Å². The van der Waals surface area contributed by atoms with E-state index in [1.54, 1.807) is 39.9 Å². The number of pyridine rings is 1. The van der Waals surface area contributed by atoms with Crippen molar-refractivity contribution < 1.29 is 4.79 Å². The predicted molar refractivity (Wildman–Crippen MR) is 121 cm³/mol. The van der Waals surface area contributed by atoms with Gasteiger partial charge in [-0.05, 0) is 48.2 Å². The molecule has 30 heavy (non-hydrogen) atoms. The molecule has 0 spiro atoms. The summed E-state index contributed by atoms with van der Waals surface area (Å²) in [6.07, 6.45) is 7.29. The Labute approximate surface area is 180 Å². The number of thioether (sulfide) groups is 1. The average Bonchev–Trinajstić information content (AvgIpc) is 3.26. The van der Waals surface area contributed by atoms with Crippen LogP contribution in [-0.4, -0.2) is 38.9 Å². The second kappa shape index (κ2) is 8.97. The topological polar surface area (TPSA) is 51.0 Å². The summed E-state index contributed by atoms with van der Waals surface area (Å²) in [4.78, 5) is 20.5. The predicted octanol–water partition coefficient (Wildman–Crippen LogP) is 4.93. The van der Waals surface area contributed by atoms with Gasteiger partial charge in [0.05, 0.1) is 11.3 Å². The van der Waals surface area contributed by atoms with Gasteiger partial charge in [-0.3, -0.25) is 9.78 Å². The summed E-state index contributed by atoms with van der Waals surface area (Å²) in [5.41, 5.74) is 3.98. The minimum Gasteiger partial charge on any atom is -0.337 e. The van der Waals surface area contributed by atoms with E-state index in [-0.39, 0.29) is 5.91 Å². The number of benzene rings is 2. The maximum atomic E-state index is 13.4. The molecule has 0 aliphatic rings. The quantitative estimate of drug-likeness (QED) is 0.420. The highest BCUT2D eigenvalue weighted by atomic mass is 32.2. The zero-order valence-electron chi connectivity index (χ0n) is 16.9. The molecule has 0 N–H and O–H groups in total. The number of para-hydroxylation sites is 1. The summed E-state index contributed by atoms with van der Waals surface area (Å²) in [6.45, 7) is 0.524. The monoisotopic (exact) mass is 414 g/mol. The molecule has 0 bridgehead atoms. The molecule has 0 atom stereocenters. The minimum atomic E-state index is -0.0787. The van der Waals surface area contributed by atoms with Gasteiger partial charge in [0.1, 0.15) is 5.69 Å². The van der Waals surface area contributed by atoms with Crippen molar-refractivity contribution in [3.63, 3.8) is 0 Å². The SMILES string of the molecule is CSc1ccc(CN(C)C(=O)c2cn(-c3ccccc3)nc2-c2cccnc2)cc1. The Morgan fingerprint density at radius 1 is 1.03 bits per heavy atom. The maximum Gasteiger partial charge on any atom is 0.257 e. The Morgan fingerprint density at radius 2 is 1.80 bits per heavy atom. The molecule has 4 rings (SSSR count). The first-order chi connectivity index (χ1) is 14.7. The highest BCUT2D eigenvalue weighted by Gasteiger charge is 2.22. The molecule has 0 saturated heterocycles. The van der Waals surface area contributed by atoms with Gasteiger partial charge in [0.25, 0.3) is 5.91 Å². The van der Waals surface area contributed by atoms with Crippen molar-refractivity contribution in [2.24, 2.45) is 0 Å². The smallest absolute Gasteiger partial charge is 0.257 e. The number of nitrogens with zero attached hydrogens (tertiary/aromatic N) is 4. The third-order valence-electron chi connectivity index (χ3n) is 4.83. The van der Waals surface area contributed by atoms with Crippen LogP contribution in [0.1, 0.15) is 15.9 Å². The normalized spacial score (nSPS) is 10.7. The van der Waals surface area contributed by atoms with Gasteiger partial charge in [0.15, 0.2) is 0 Å². The Bertz CT molecular complexity index is 1130. The molecule has 5 nitrogen and oxygen atoms in total. The van der Waals surface area contributed by atoms with E-state index < -0.39 is 0 Å². The molecule has 0 aliphatic carbocycles. The van der Waals surface area contributed by atoms with Crippen LogP contribution in [-0.2, 0) is 6.54 Å². The van der Waals surface area contributed by atoms with Crippen molar-refractivity contribution in [1.29, 1.82) is 0 Å². The van der Waals surface area contributed by atoms with E-state index in [1.165, 1.54) is 4.90 Å². The van der Waals surface area contributed by atoms with Gasteiger partial charge in [0, 0.05) is 42.6 Å². The van der Waals surface area contributed by atoms with E-state index in [0.29, 0.717) is 17.8 Å². The number of carbonyl (C=O) groups excluding carboxylic acids is 1. The van der Waals surface area contributed by atoms with Gasteiger partial charge in [-0.15, -0.1) is 11.8 Å². The summed E-state index contributed by atoms with van der Waals surface area (Å²) in [7, 11) is 1.82. The lowest BCUT2D eigenvalue weighted by Crippen LogP contribution is -2.26. The lowest BCUT2D eigenvalue weighted by atomic mass is 10.1. The summed E-state index contributed by atoms with van der Waals surface area (Å²) in [6, 6.07) is 21.8. The first kappa shape index (κ1) is 19.9. The summed E-state index contributed by atoms with van der Waals surface area (Å²) in [5, 5.41) is 4.71. The molecule has 6 heteroatoms. The van der Waals surface area contributed by atoms with Gasteiger partial charge in [-0.1, -0.05) is 30.3 Å². The lowest BCUT2D eigenvalue weighted by Gasteiger charge is -2.17. The molecule has 0 fully saturated rings. The van der Waals surface area contributed by atoms with Crippen LogP contribution in [0, 0.1) is 0 Å². The first-order valence-electron chi connectivity index (χ1n) is 9.59. The zero-order chi connectivity index (χ0) is 20.9. The number of rotatable bonds is 6. The number of aromatic nitrogens is 3. The van der Waals surface area contributed by atoms with E-state index >= 15 is 0 Å². The fraction of sp³-hybridized carbons (Fsp3) is 0.125. The summed E-state index contributed by atoms with van der Waals surface area (Å²) < 4.78 is 1.75. The zero-order valence-corrected chi connectivity index (χ0v) is 17.7. The average molecular weight is 415 g/mol. The molecule has 2 aromatic carbocycles. The van der Waals surface area contributed by atoms with E-state index in [9.17, 15) is 4.79 Å². The molecule has 4 aromatic rings. The minimum absolute atomic E-state index is 0.0787. The van der Waals surface area contributed by atoms with Crippen molar-refractivity contribution in [2.45, 2.75) is 11.4 Å². The largest absolute Gasteiger partial charge is 0.337 e. The Hall–Kier alpha value is -3.38. The molecule has 0 aliphatic heterocycles. The molecule has 0 radical (unpaired) electrons. The maximum absolute atomic E-state index is 13.4. The van der Waals surface area contributed by atoms with Gasteiger partial charge in [-0.25, -0.2) is 4.68 Å². The number of amides is 1. The van der Waals surface area contributed by atoms with E-state index in [2.05, 4.69) is 35.5 Å². The van der Waals surface area contributed by atoms with Crippen molar-refractivity contribution in [2.75, 3.05) is 13.3 Å². The van der Waals surface area contributed by atoms with Crippen LogP contribution < -0.4 is 0 Å². The second-order valence-corrected chi connectivity index (χ2v) is 7.80.